The molecular formula is C37H23N3O. The molecule has 2 aromatic heterocycles. The van der Waals surface area contributed by atoms with Gasteiger partial charge < -0.3 is 4.74 Å². The van der Waals surface area contributed by atoms with Crippen LogP contribution in [0.2, 0.25) is 0 Å². The minimum Gasteiger partial charge on any atom is -0.453 e. The van der Waals surface area contributed by atoms with Gasteiger partial charge in [-0.25, -0.2) is 4.98 Å². The zero-order valence-electron chi connectivity index (χ0n) is 22.3. The lowest BCUT2D eigenvalue weighted by molar-refractivity contribution is 0.475. The highest BCUT2D eigenvalue weighted by atomic mass is 16.5. The molecule has 9 rings (SSSR count). The van der Waals surface area contributed by atoms with Gasteiger partial charge in [-0.05, 0) is 75.5 Å². The second-order valence-corrected chi connectivity index (χ2v) is 10.6. The minimum atomic E-state index is 0.832. The fraction of sp³-hybridized carbons (Fsp3) is 0.0270. The molecule has 0 aliphatic carbocycles. The predicted molar refractivity (Wildman–Crippen MR) is 167 cm³/mol. The van der Waals surface area contributed by atoms with Crippen LogP contribution >= 0.6 is 0 Å². The first-order valence-electron chi connectivity index (χ1n) is 13.8. The molecular weight excluding hydrogens is 502 g/mol. The van der Waals surface area contributed by atoms with Crippen LogP contribution in [0.4, 0.5) is 0 Å². The molecule has 0 saturated heterocycles. The number of nitrogens with zero attached hydrogens (tertiary/aromatic N) is 3. The summed E-state index contributed by atoms with van der Waals surface area (Å²) in [5, 5.41) is 5.95. The fourth-order valence-electron chi connectivity index (χ4n) is 6.68. The number of para-hydroxylation sites is 2. The summed E-state index contributed by atoms with van der Waals surface area (Å²) >= 11 is 0. The van der Waals surface area contributed by atoms with E-state index in [1.807, 2.05) is 30.5 Å². The number of ether oxygens (including phenoxy) is 1. The van der Waals surface area contributed by atoms with E-state index in [2.05, 4.69) is 102 Å². The van der Waals surface area contributed by atoms with Crippen LogP contribution in [0.5, 0.6) is 11.5 Å². The Balaban J connectivity index is 1.35. The van der Waals surface area contributed by atoms with E-state index in [9.17, 15) is 0 Å². The summed E-state index contributed by atoms with van der Waals surface area (Å²) in [5.41, 5.74) is 8.67. The van der Waals surface area contributed by atoms with E-state index < -0.39 is 0 Å². The van der Waals surface area contributed by atoms with E-state index in [1.54, 1.807) is 0 Å². The van der Waals surface area contributed by atoms with E-state index in [0.717, 1.165) is 56.1 Å². The van der Waals surface area contributed by atoms with Crippen molar-refractivity contribution in [1.82, 2.24) is 14.5 Å². The molecule has 0 fully saturated rings. The second kappa shape index (κ2) is 8.26. The molecule has 1 aliphatic heterocycles. The summed E-state index contributed by atoms with van der Waals surface area (Å²) in [6.07, 6.45) is 1.88. The van der Waals surface area contributed by atoms with Crippen LogP contribution in [-0.4, -0.2) is 14.5 Å². The van der Waals surface area contributed by atoms with Gasteiger partial charge in [-0.3, -0.25) is 9.55 Å². The Morgan fingerprint density at radius 2 is 1.34 bits per heavy atom. The van der Waals surface area contributed by atoms with E-state index in [4.69, 9.17) is 14.7 Å². The van der Waals surface area contributed by atoms with Crippen molar-refractivity contribution in [2.75, 3.05) is 0 Å². The number of hydrogen-bond donors (Lipinski definition) is 0. The van der Waals surface area contributed by atoms with Crippen LogP contribution in [0.3, 0.4) is 0 Å². The summed E-state index contributed by atoms with van der Waals surface area (Å²) in [7, 11) is 0. The van der Waals surface area contributed by atoms with Crippen LogP contribution < -0.4 is 4.74 Å². The standard InChI is InChI=1S/C37H23N3O/c1-22-39-30-16-7-17-32-37(30)40(22)31-19-18-24(21-33(31)41-32)34-25-11-2-4-13-27(25)35(28-14-5-3-12-26(28)34)29-15-6-9-23-10-8-20-38-36(23)29/h2-21H,1H3. The number of aryl methyl sites for hydroxylation is 1. The van der Waals surface area contributed by atoms with E-state index in [1.165, 1.54) is 32.7 Å². The third kappa shape index (κ3) is 3.10. The van der Waals surface area contributed by atoms with Gasteiger partial charge in [0, 0.05) is 17.1 Å². The molecule has 3 heterocycles. The van der Waals surface area contributed by atoms with Crippen molar-refractivity contribution in [2.24, 2.45) is 0 Å². The van der Waals surface area contributed by atoms with Gasteiger partial charge in [-0.2, -0.15) is 0 Å². The molecule has 0 spiro atoms. The predicted octanol–water partition coefficient (Wildman–Crippen LogP) is 9.63. The van der Waals surface area contributed by atoms with E-state index in [0.29, 0.717) is 0 Å². The van der Waals surface area contributed by atoms with Crippen LogP contribution in [0.1, 0.15) is 5.82 Å². The Hall–Kier alpha value is -5.48. The molecule has 0 amide bonds. The van der Waals surface area contributed by atoms with Crippen LogP contribution in [0.25, 0.3) is 71.4 Å². The van der Waals surface area contributed by atoms with Crippen molar-refractivity contribution in [3.63, 3.8) is 0 Å². The molecule has 41 heavy (non-hydrogen) atoms. The monoisotopic (exact) mass is 525 g/mol. The number of aromatic nitrogens is 3. The molecule has 6 aromatic carbocycles. The summed E-state index contributed by atoms with van der Waals surface area (Å²) < 4.78 is 8.73. The van der Waals surface area contributed by atoms with Gasteiger partial charge in [0.15, 0.2) is 11.5 Å². The van der Waals surface area contributed by atoms with Crippen molar-refractivity contribution >= 4 is 43.5 Å². The average molecular weight is 526 g/mol. The Morgan fingerprint density at radius 1 is 0.634 bits per heavy atom. The molecule has 0 bridgehead atoms. The largest absolute Gasteiger partial charge is 0.453 e. The maximum absolute atomic E-state index is 6.52. The van der Waals surface area contributed by atoms with Gasteiger partial charge in [0.25, 0.3) is 0 Å². The summed E-state index contributed by atoms with van der Waals surface area (Å²) in [5.74, 6) is 2.62. The molecule has 0 unspecified atom stereocenters. The first-order valence-corrected chi connectivity index (χ1v) is 13.8. The van der Waals surface area contributed by atoms with Gasteiger partial charge in [-0.1, -0.05) is 84.9 Å². The highest BCUT2D eigenvalue weighted by Crippen LogP contribution is 2.47. The summed E-state index contributed by atoms with van der Waals surface area (Å²) in [4.78, 5) is 9.60. The highest BCUT2D eigenvalue weighted by molar-refractivity contribution is 6.23. The first-order chi connectivity index (χ1) is 20.3. The van der Waals surface area contributed by atoms with Gasteiger partial charge in [0.1, 0.15) is 11.3 Å². The molecule has 0 atom stereocenters. The number of pyridine rings is 1. The Bertz CT molecular complexity index is 2300. The van der Waals surface area contributed by atoms with Crippen molar-refractivity contribution < 1.29 is 4.74 Å². The number of imidazole rings is 1. The lowest BCUT2D eigenvalue weighted by atomic mass is 9.85. The molecule has 4 nitrogen and oxygen atoms in total. The zero-order chi connectivity index (χ0) is 27.1. The lowest BCUT2D eigenvalue weighted by Crippen LogP contribution is -2.05. The minimum absolute atomic E-state index is 0.832. The number of hydrogen-bond acceptors (Lipinski definition) is 3. The van der Waals surface area contributed by atoms with Crippen molar-refractivity contribution in [1.29, 1.82) is 0 Å². The van der Waals surface area contributed by atoms with Gasteiger partial charge in [0.2, 0.25) is 0 Å². The maximum atomic E-state index is 6.52. The Labute approximate surface area is 236 Å². The lowest BCUT2D eigenvalue weighted by Gasteiger charge is -2.22. The van der Waals surface area contributed by atoms with Crippen molar-refractivity contribution in [3.8, 4) is 39.4 Å². The quantitative estimate of drug-likeness (QED) is 0.211. The molecule has 192 valence electrons. The maximum Gasteiger partial charge on any atom is 0.153 e. The van der Waals surface area contributed by atoms with E-state index >= 15 is 0 Å². The number of fused-ring (bicyclic) bond motifs is 5. The SMILES string of the molecule is Cc1nc2cccc3c2n1-c1ccc(-c2c4ccccc4c(-c4cccc5cccnc45)c4ccccc24)cc1O3. The molecule has 0 saturated carbocycles. The third-order valence-electron chi connectivity index (χ3n) is 8.35. The Kier molecular flexibility index (Phi) is 4.50. The van der Waals surface area contributed by atoms with Crippen LogP contribution in [0.15, 0.2) is 121 Å². The molecule has 4 heteroatoms. The van der Waals surface area contributed by atoms with Crippen LogP contribution in [-0.2, 0) is 0 Å². The summed E-state index contributed by atoms with van der Waals surface area (Å²) in [6, 6.07) is 40.7. The van der Waals surface area contributed by atoms with Crippen LogP contribution in [0, 0.1) is 6.92 Å². The topological polar surface area (TPSA) is 39.9 Å². The molecule has 1 aliphatic rings. The normalized spacial score (nSPS) is 12.2. The van der Waals surface area contributed by atoms with Crippen molar-refractivity contribution in [2.45, 2.75) is 6.92 Å². The zero-order valence-corrected chi connectivity index (χ0v) is 22.3. The number of benzene rings is 6. The fourth-order valence-corrected chi connectivity index (χ4v) is 6.68. The van der Waals surface area contributed by atoms with Gasteiger partial charge >= 0.3 is 0 Å². The van der Waals surface area contributed by atoms with Gasteiger partial charge in [-0.15, -0.1) is 0 Å². The molecule has 8 aromatic rings. The Morgan fingerprint density at radius 3 is 2.12 bits per heavy atom. The van der Waals surface area contributed by atoms with Crippen molar-refractivity contribution in [3.05, 3.63) is 127 Å². The smallest absolute Gasteiger partial charge is 0.153 e. The third-order valence-corrected chi connectivity index (χ3v) is 8.35. The summed E-state index contributed by atoms with van der Waals surface area (Å²) in [6.45, 7) is 2.05. The van der Waals surface area contributed by atoms with Gasteiger partial charge in [0.05, 0.1) is 16.7 Å². The first kappa shape index (κ1) is 22.3. The molecule has 0 radical (unpaired) electrons. The average Bonchev–Trinajstić information content (AvgIpc) is 3.36. The second-order valence-electron chi connectivity index (χ2n) is 10.6. The highest BCUT2D eigenvalue weighted by Gasteiger charge is 2.24. The van der Waals surface area contributed by atoms with E-state index in [-0.39, 0.29) is 0 Å². The molecule has 0 N–H and O–H groups in total. The number of rotatable bonds is 2.